The van der Waals surface area contributed by atoms with Gasteiger partial charge in [-0.25, -0.2) is 0 Å². The van der Waals surface area contributed by atoms with Crippen LogP contribution in [0, 0.1) is 24.0 Å². The van der Waals surface area contributed by atoms with Crippen LogP contribution in [0.5, 0.6) is 11.5 Å². The van der Waals surface area contributed by atoms with Crippen molar-refractivity contribution in [2.45, 2.75) is 25.6 Å². The number of aryl methyl sites for hydroxylation is 2. The van der Waals surface area contributed by atoms with Gasteiger partial charge in [0.1, 0.15) is 12.3 Å². The Kier molecular flexibility index (Phi) is 7.21. The zero-order valence-electron chi connectivity index (χ0n) is 17.9. The fourth-order valence-electron chi connectivity index (χ4n) is 2.75. The summed E-state index contributed by atoms with van der Waals surface area (Å²) in [5.74, 6) is 0.188. The van der Waals surface area contributed by atoms with Gasteiger partial charge in [0.2, 0.25) is 10.9 Å². The Bertz CT molecular complexity index is 1220. The van der Waals surface area contributed by atoms with Gasteiger partial charge < -0.3 is 9.47 Å². The second kappa shape index (κ2) is 10.1. The van der Waals surface area contributed by atoms with Crippen LogP contribution in [0.25, 0.3) is 0 Å². The molecule has 2 aromatic carbocycles. The average Bonchev–Trinajstić information content (AvgIpc) is 2.79. The number of hydrogen-bond donors (Lipinski definition) is 0. The number of ether oxygens (including phenoxy) is 2. The topological polar surface area (TPSA) is 122 Å². The maximum absolute atomic E-state index is 12.3. The second-order valence-corrected chi connectivity index (χ2v) is 7.51. The monoisotopic (exact) mass is 455 g/mol. The highest BCUT2D eigenvalue weighted by molar-refractivity contribution is 7.98. The van der Waals surface area contributed by atoms with Gasteiger partial charge in [-0.1, -0.05) is 41.6 Å². The predicted molar refractivity (Wildman–Crippen MR) is 121 cm³/mol. The zero-order chi connectivity index (χ0) is 23.3. The van der Waals surface area contributed by atoms with Crippen molar-refractivity contribution in [3.63, 3.8) is 0 Å². The molecule has 0 spiro atoms. The summed E-state index contributed by atoms with van der Waals surface area (Å²) in [4.78, 5) is 23.5. The smallest absolute Gasteiger partial charge is 0.315 e. The lowest BCUT2D eigenvalue weighted by Crippen LogP contribution is -2.23. The standard InChI is InChI=1S/C21H21N5O5S/c1-13-5-7-15(8-6-13)12-31-19-17(26(28)29)9-16(10-18(19)30-3)11-22-25-20(27)14(2)23-24-21(25)32-4/h5-11H,12H2,1-4H3/b22-11-. The third-order valence-corrected chi connectivity index (χ3v) is 5.07. The first-order valence-electron chi connectivity index (χ1n) is 9.43. The molecule has 0 unspecified atom stereocenters. The van der Waals surface area contributed by atoms with E-state index in [-0.39, 0.29) is 34.6 Å². The van der Waals surface area contributed by atoms with E-state index in [4.69, 9.17) is 9.47 Å². The number of thioether (sulfide) groups is 1. The van der Waals surface area contributed by atoms with Gasteiger partial charge in [0.05, 0.1) is 18.2 Å². The minimum absolute atomic E-state index is 0.0126. The molecular formula is C21H21N5O5S. The van der Waals surface area contributed by atoms with E-state index in [1.54, 1.807) is 12.3 Å². The first-order valence-corrected chi connectivity index (χ1v) is 10.7. The van der Waals surface area contributed by atoms with E-state index in [0.29, 0.717) is 5.56 Å². The number of methoxy groups -OCH3 is 1. The third kappa shape index (κ3) is 5.11. The van der Waals surface area contributed by atoms with Crippen LogP contribution in [0.3, 0.4) is 0 Å². The van der Waals surface area contributed by atoms with Gasteiger partial charge in [0.15, 0.2) is 5.75 Å². The molecule has 0 fully saturated rings. The van der Waals surface area contributed by atoms with Gasteiger partial charge in [-0.05, 0) is 31.7 Å². The van der Waals surface area contributed by atoms with E-state index >= 15 is 0 Å². The lowest BCUT2D eigenvalue weighted by Gasteiger charge is -2.12. The molecule has 0 radical (unpaired) electrons. The lowest BCUT2D eigenvalue weighted by molar-refractivity contribution is -0.386. The molecule has 3 rings (SSSR count). The summed E-state index contributed by atoms with van der Waals surface area (Å²) >= 11 is 1.20. The molecule has 1 heterocycles. The third-order valence-electron chi connectivity index (χ3n) is 4.45. The van der Waals surface area contributed by atoms with Gasteiger partial charge in [-0.2, -0.15) is 9.78 Å². The Morgan fingerprint density at radius 1 is 1.22 bits per heavy atom. The second-order valence-electron chi connectivity index (χ2n) is 6.74. The maximum Gasteiger partial charge on any atom is 0.315 e. The summed E-state index contributed by atoms with van der Waals surface area (Å²) < 4.78 is 12.2. The summed E-state index contributed by atoms with van der Waals surface area (Å²) in [7, 11) is 1.39. The number of benzene rings is 2. The van der Waals surface area contributed by atoms with E-state index < -0.39 is 10.5 Å². The highest BCUT2D eigenvalue weighted by Crippen LogP contribution is 2.38. The van der Waals surface area contributed by atoms with Gasteiger partial charge in [0.25, 0.3) is 5.56 Å². The molecule has 0 aliphatic heterocycles. The number of nitrogens with zero attached hydrogens (tertiary/aromatic N) is 5. The average molecular weight is 455 g/mol. The predicted octanol–water partition coefficient (Wildman–Crippen LogP) is 3.36. The Labute approximate surface area is 188 Å². The van der Waals surface area contributed by atoms with Crippen LogP contribution in [0.15, 0.2) is 51.5 Å². The van der Waals surface area contributed by atoms with E-state index in [0.717, 1.165) is 15.8 Å². The molecule has 0 atom stereocenters. The van der Waals surface area contributed by atoms with Crippen LogP contribution in [-0.2, 0) is 6.61 Å². The zero-order valence-corrected chi connectivity index (χ0v) is 18.8. The van der Waals surface area contributed by atoms with Gasteiger partial charge in [-0.15, -0.1) is 10.2 Å². The molecule has 11 heteroatoms. The van der Waals surface area contributed by atoms with Crippen LogP contribution in [0.4, 0.5) is 5.69 Å². The Hall–Kier alpha value is -3.73. The molecule has 0 aliphatic carbocycles. The van der Waals surface area contributed by atoms with Crippen LogP contribution in [0.1, 0.15) is 22.4 Å². The molecule has 0 amide bonds. The lowest BCUT2D eigenvalue weighted by atomic mass is 10.1. The van der Waals surface area contributed by atoms with Crippen LogP contribution >= 0.6 is 11.8 Å². The quantitative estimate of drug-likeness (QED) is 0.219. The molecular weight excluding hydrogens is 434 g/mol. The first kappa shape index (κ1) is 22.9. The summed E-state index contributed by atoms with van der Waals surface area (Å²) in [5.41, 5.74) is 1.79. The fraction of sp³-hybridized carbons (Fsp3) is 0.238. The summed E-state index contributed by atoms with van der Waals surface area (Å²) in [6.07, 6.45) is 3.06. The number of rotatable bonds is 8. The van der Waals surface area contributed by atoms with Crippen molar-refractivity contribution < 1.29 is 14.4 Å². The molecule has 1 aromatic heterocycles. The summed E-state index contributed by atoms with van der Waals surface area (Å²) in [5, 5.41) is 23.9. The van der Waals surface area contributed by atoms with Crippen LogP contribution in [0.2, 0.25) is 0 Å². The van der Waals surface area contributed by atoms with Crippen molar-refractivity contribution in [1.82, 2.24) is 14.9 Å². The Morgan fingerprint density at radius 3 is 2.56 bits per heavy atom. The van der Waals surface area contributed by atoms with Gasteiger partial charge in [0, 0.05) is 11.6 Å². The molecule has 3 aromatic rings. The van der Waals surface area contributed by atoms with Crippen molar-refractivity contribution in [2.24, 2.45) is 5.10 Å². The first-order chi connectivity index (χ1) is 15.3. The van der Waals surface area contributed by atoms with Crippen molar-refractivity contribution in [3.05, 3.63) is 79.3 Å². The minimum atomic E-state index is -0.554. The molecule has 32 heavy (non-hydrogen) atoms. The molecule has 0 aliphatic rings. The summed E-state index contributed by atoms with van der Waals surface area (Å²) in [6.45, 7) is 3.64. The van der Waals surface area contributed by atoms with E-state index in [1.807, 2.05) is 31.2 Å². The molecule has 0 bridgehead atoms. The van der Waals surface area contributed by atoms with Gasteiger partial charge >= 0.3 is 5.69 Å². The maximum atomic E-state index is 12.3. The summed E-state index contributed by atoms with van der Waals surface area (Å²) in [6, 6.07) is 10.5. The van der Waals surface area contributed by atoms with Crippen molar-refractivity contribution >= 4 is 23.7 Å². The number of nitro benzene ring substituents is 1. The Balaban J connectivity index is 1.97. The van der Waals surface area contributed by atoms with Crippen molar-refractivity contribution in [3.8, 4) is 11.5 Å². The Morgan fingerprint density at radius 2 is 1.94 bits per heavy atom. The highest BCUT2D eigenvalue weighted by Gasteiger charge is 2.22. The molecule has 0 saturated heterocycles. The minimum Gasteiger partial charge on any atom is -0.493 e. The van der Waals surface area contributed by atoms with E-state index in [1.165, 1.54) is 38.1 Å². The number of hydrogen-bond acceptors (Lipinski definition) is 9. The van der Waals surface area contributed by atoms with Gasteiger partial charge in [-0.3, -0.25) is 14.9 Å². The SMILES string of the molecule is COc1cc(/C=N\n2c(SC)nnc(C)c2=O)cc([N+](=O)[O-])c1OCc1ccc(C)cc1. The number of nitro groups is 1. The van der Waals surface area contributed by atoms with Crippen LogP contribution in [-0.4, -0.2) is 39.4 Å². The molecule has 10 nitrogen and oxygen atoms in total. The van der Waals surface area contributed by atoms with E-state index in [2.05, 4.69) is 15.3 Å². The van der Waals surface area contributed by atoms with Crippen molar-refractivity contribution in [1.29, 1.82) is 0 Å². The van der Waals surface area contributed by atoms with Crippen molar-refractivity contribution in [2.75, 3.05) is 13.4 Å². The molecule has 0 N–H and O–H groups in total. The fourth-order valence-corrected chi connectivity index (χ4v) is 3.18. The van der Waals surface area contributed by atoms with E-state index in [9.17, 15) is 14.9 Å². The van der Waals surface area contributed by atoms with Crippen LogP contribution < -0.4 is 15.0 Å². The number of aromatic nitrogens is 3. The largest absolute Gasteiger partial charge is 0.493 e. The molecule has 0 saturated carbocycles. The highest BCUT2D eigenvalue weighted by atomic mass is 32.2. The molecule has 166 valence electrons. The normalized spacial score (nSPS) is 11.0.